The second kappa shape index (κ2) is 9.20. The molecule has 1 amide bonds. The van der Waals surface area contributed by atoms with E-state index in [0.29, 0.717) is 30.4 Å². The molecule has 0 bridgehead atoms. The summed E-state index contributed by atoms with van der Waals surface area (Å²) in [7, 11) is 3.18. The molecule has 1 saturated heterocycles. The summed E-state index contributed by atoms with van der Waals surface area (Å²) in [5.74, 6) is 0.470. The zero-order valence-electron chi connectivity index (χ0n) is 11.8. The van der Waals surface area contributed by atoms with E-state index in [1.165, 1.54) is 7.11 Å². The second-order valence-electron chi connectivity index (χ2n) is 4.76. The van der Waals surface area contributed by atoms with Gasteiger partial charge in [0.15, 0.2) is 0 Å². The monoisotopic (exact) mass is 288 g/mol. The number of nitrogens with zero attached hydrogens (tertiary/aromatic N) is 1. The van der Waals surface area contributed by atoms with E-state index in [1.54, 1.807) is 23.7 Å². The van der Waals surface area contributed by atoms with Gasteiger partial charge in [-0.3, -0.25) is 9.59 Å². The second-order valence-corrected chi connectivity index (χ2v) is 6.04. The minimum atomic E-state index is -0.218. The molecule has 0 saturated carbocycles. The molecular weight excluding hydrogens is 264 g/mol. The number of piperidine rings is 1. The Balaban J connectivity index is 2.11. The summed E-state index contributed by atoms with van der Waals surface area (Å²) in [6.07, 6.45) is 3.32. The number of carbonyl (C=O) groups excluding carboxylic acids is 2. The van der Waals surface area contributed by atoms with Gasteiger partial charge < -0.3 is 15.0 Å². The lowest BCUT2D eigenvalue weighted by molar-refractivity contribution is -0.141. The maximum absolute atomic E-state index is 11.9. The first-order chi connectivity index (χ1) is 9.13. The first kappa shape index (κ1) is 16.3. The molecule has 1 aliphatic heterocycles. The van der Waals surface area contributed by atoms with Crippen LogP contribution in [0, 0.1) is 0 Å². The van der Waals surface area contributed by atoms with Crippen molar-refractivity contribution in [2.24, 2.45) is 0 Å². The van der Waals surface area contributed by atoms with E-state index in [4.69, 9.17) is 0 Å². The van der Waals surface area contributed by atoms with Gasteiger partial charge in [0, 0.05) is 25.3 Å². The van der Waals surface area contributed by atoms with E-state index in [9.17, 15) is 9.59 Å². The number of ether oxygens (including phenoxy) is 1. The number of hydrogen-bond acceptors (Lipinski definition) is 5. The first-order valence-corrected chi connectivity index (χ1v) is 7.81. The van der Waals surface area contributed by atoms with Gasteiger partial charge in [0.05, 0.1) is 12.9 Å². The van der Waals surface area contributed by atoms with Gasteiger partial charge in [-0.15, -0.1) is 11.8 Å². The van der Waals surface area contributed by atoms with E-state index in [0.717, 1.165) is 25.9 Å². The Morgan fingerprint density at radius 3 is 2.68 bits per heavy atom. The van der Waals surface area contributed by atoms with Crippen LogP contribution in [-0.2, 0) is 14.3 Å². The summed E-state index contributed by atoms with van der Waals surface area (Å²) < 4.78 is 4.57. The Morgan fingerprint density at radius 1 is 1.37 bits per heavy atom. The third kappa shape index (κ3) is 6.82. The fourth-order valence-corrected chi connectivity index (χ4v) is 3.12. The van der Waals surface area contributed by atoms with Crippen molar-refractivity contribution in [3.63, 3.8) is 0 Å². The van der Waals surface area contributed by atoms with E-state index in [-0.39, 0.29) is 11.9 Å². The smallest absolute Gasteiger partial charge is 0.305 e. The number of nitrogens with one attached hydrogen (secondary N) is 1. The van der Waals surface area contributed by atoms with Crippen LogP contribution in [0.4, 0.5) is 0 Å². The number of thioether (sulfide) groups is 1. The summed E-state index contributed by atoms with van der Waals surface area (Å²) >= 11 is 1.76. The molecule has 0 spiro atoms. The molecule has 6 heteroatoms. The molecule has 0 radical (unpaired) electrons. The van der Waals surface area contributed by atoms with Gasteiger partial charge in [0.1, 0.15) is 0 Å². The summed E-state index contributed by atoms with van der Waals surface area (Å²) in [5.41, 5.74) is 0. The van der Waals surface area contributed by atoms with Crippen molar-refractivity contribution >= 4 is 23.6 Å². The Kier molecular flexibility index (Phi) is 7.90. The van der Waals surface area contributed by atoms with Crippen LogP contribution >= 0.6 is 11.8 Å². The Morgan fingerprint density at radius 2 is 2.05 bits per heavy atom. The van der Waals surface area contributed by atoms with E-state index in [1.807, 2.05) is 0 Å². The number of rotatable bonds is 7. The van der Waals surface area contributed by atoms with Gasteiger partial charge in [-0.05, 0) is 32.4 Å². The molecule has 1 aliphatic rings. The SMILES string of the molecule is COC(=O)CCCN(C)C(=O)CSC1CCNCC1. The molecule has 1 rings (SSSR count). The number of hydrogen-bond donors (Lipinski definition) is 1. The molecule has 0 aromatic heterocycles. The minimum absolute atomic E-state index is 0.147. The predicted octanol–water partition coefficient (Wildman–Crippen LogP) is 0.883. The summed E-state index contributed by atoms with van der Waals surface area (Å²) in [4.78, 5) is 24.6. The molecule has 110 valence electrons. The van der Waals surface area contributed by atoms with Crippen LogP contribution in [0.5, 0.6) is 0 Å². The molecule has 0 unspecified atom stereocenters. The molecule has 0 aliphatic carbocycles. The molecule has 1 fully saturated rings. The summed E-state index contributed by atoms with van der Waals surface area (Å²) in [6.45, 7) is 2.72. The number of carbonyl (C=O) groups is 2. The van der Waals surface area contributed by atoms with Gasteiger partial charge in [-0.2, -0.15) is 0 Å². The van der Waals surface area contributed by atoms with Crippen molar-refractivity contribution in [1.82, 2.24) is 10.2 Å². The first-order valence-electron chi connectivity index (χ1n) is 6.76. The predicted molar refractivity (Wildman–Crippen MR) is 77.2 cm³/mol. The number of methoxy groups -OCH3 is 1. The maximum Gasteiger partial charge on any atom is 0.305 e. The van der Waals surface area contributed by atoms with Crippen LogP contribution in [0.3, 0.4) is 0 Å². The topological polar surface area (TPSA) is 58.6 Å². The average molecular weight is 288 g/mol. The minimum Gasteiger partial charge on any atom is -0.469 e. The normalized spacial score (nSPS) is 16.1. The fraction of sp³-hybridized carbons (Fsp3) is 0.846. The van der Waals surface area contributed by atoms with Crippen LogP contribution in [-0.4, -0.2) is 61.6 Å². The molecule has 0 aromatic carbocycles. The Labute approximate surface area is 119 Å². The lowest BCUT2D eigenvalue weighted by Crippen LogP contribution is -2.32. The average Bonchev–Trinajstić information content (AvgIpc) is 2.45. The molecule has 1 heterocycles. The van der Waals surface area contributed by atoms with Crippen LogP contribution in [0.25, 0.3) is 0 Å². The zero-order valence-corrected chi connectivity index (χ0v) is 12.6. The lowest BCUT2D eigenvalue weighted by atomic mass is 10.2. The standard InChI is InChI=1S/C13H24N2O3S/c1-15(9-3-4-13(17)18-2)12(16)10-19-11-5-7-14-8-6-11/h11,14H,3-10H2,1-2H3. The number of esters is 1. The zero-order chi connectivity index (χ0) is 14.1. The van der Waals surface area contributed by atoms with E-state index in [2.05, 4.69) is 10.1 Å². The third-order valence-electron chi connectivity index (χ3n) is 3.26. The Hall–Kier alpha value is -0.750. The van der Waals surface area contributed by atoms with Crippen LogP contribution in [0.1, 0.15) is 25.7 Å². The van der Waals surface area contributed by atoms with E-state index >= 15 is 0 Å². The van der Waals surface area contributed by atoms with Crippen molar-refractivity contribution < 1.29 is 14.3 Å². The summed E-state index contributed by atoms with van der Waals surface area (Å²) in [5, 5.41) is 3.92. The summed E-state index contributed by atoms with van der Waals surface area (Å²) in [6, 6.07) is 0. The molecule has 1 N–H and O–H groups in total. The van der Waals surface area contributed by atoms with Gasteiger partial charge in [-0.25, -0.2) is 0 Å². The maximum atomic E-state index is 11.9. The van der Waals surface area contributed by atoms with Crippen molar-refractivity contribution in [3.05, 3.63) is 0 Å². The third-order valence-corrected chi connectivity index (χ3v) is 4.61. The largest absolute Gasteiger partial charge is 0.469 e. The van der Waals surface area contributed by atoms with Crippen molar-refractivity contribution in [2.45, 2.75) is 30.9 Å². The lowest BCUT2D eigenvalue weighted by Gasteiger charge is -2.23. The molecule has 0 aromatic rings. The van der Waals surface area contributed by atoms with Gasteiger partial charge in [0.25, 0.3) is 0 Å². The highest BCUT2D eigenvalue weighted by molar-refractivity contribution is 8.00. The Bertz CT molecular complexity index is 294. The fourth-order valence-electron chi connectivity index (χ4n) is 1.95. The molecule has 5 nitrogen and oxygen atoms in total. The molecule has 0 atom stereocenters. The molecule has 19 heavy (non-hydrogen) atoms. The highest BCUT2D eigenvalue weighted by Gasteiger charge is 2.16. The van der Waals surface area contributed by atoms with Crippen molar-refractivity contribution in [2.75, 3.05) is 39.5 Å². The van der Waals surface area contributed by atoms with Crippen LogP contribution in [0.15, 0.2) is 0 Å². The highest BCUT2D eigenvalue weighted by atomic mass is 32.2. The van der Waals surface area contributed by atoms with Crippen LogP contribution < -0.4 is 5.32 Å². The van der Waals surface area contributed by atoms with Gasteiger partial charge >= 0.3 is 5.97 Å². The highest BCUT2D eigenvalue weighted by Crippen LogP contribution is 2.20. The van der Waals surface area contributed by atoms with Crippen molar-refractivity contribution in [1.29, 1.82) is 0 Å². The van der Waals surface area contributed by atoms with E-state index < -0.39 is 0 Å². The van der Waals surface area contributed by atoms with Gasteiger partial charge in [0.2, 0.25) is 5.91 Å². The quantitative estimate of drug-likeness (QED) is 0.705. The van der Waals surface area contributed by atoms with Crippen LogP contribution in [0.2, 0.25) is 0 Å². The van der Waals surface area contributed by atoms with Crippen molar-refractivity contribution in [3.8, 4) is 0 Å². The number of amides is 1. The molecular formula is C13H24N2O3S. The van der Waals surface area contributed by atoms with Gasteiger partial charge in [-0.1, -0.05) is 0 Å².